The average molecular weight is 278 g/mol. The van der Waals surface area contributed by atoms with Crippen LogP contribution in [0.15, 0.2) is 23.1 Å². The molecule has 0 aliphatic carbocycles. The van der Waals surface area contributed by atoms with E-state index in [1.807, 2.05) is 19.9 Å². The van der Waals surface area contributed by atoms with Crippen molar-refractivity contribution in [2.45, 2.75) is 37.6 Å². The van der Waals surface area contributed by atoms with E-state index in [4.69, 9.17) is 0 Å². The molecular formula is C14H18N2O2S. The highest BCUT2D eigenvalue weighted by molar-refractivity contribution is 7.99. The molecule has 0 saturated heterocycles. The highest BCUT2D eigenvalue weighted by Crippen LogP contribution is 2.31. The lowest BCUT2D eigenvalue weighted by Crippen LogP contribution is -2.31. The Balaban J connectivity index is 2.20. The Bertz CT molecular complexity index is 502. The molecule has 2 rings (SSSR count). The molecule has 0 aromatic heterocycles. The smallest absolute Gasteiger partial charge is 0.251 e. The third kappa shape index (κ3) is 3.50. The van der Waals surface area contributed by atoms with Gasteiger partial charge in [-0.3, -0.25) is 9.59 Å². The Kier molecular flexibility index (Phi) is 4.47. The molecule has 0 fully saturated rings. The zero-order valence-corrected chi connectivity index (χ0v) is 12.0. The number of amides is 2. The van der Waals surface area contributed by atoms with Gasteiger partial charge < -0.3 is 10.6 Å². The maximum atomic E-state index is 12.0. The van der Waals surface area contributed by atoms with Gasteiger partial charge in [0.2, 0.25) is 5.91 Å². The van der Waals surface area contributed by atoms with Crippen molar-refractivity contribution < 1.29 is 9.59 Å². The van der Waals surface area contributed by atoms with Crippen LogP contribution in [-0.4, -0.2) is 23.6 Å². The normalized spacial score (nSPS) is 16.0. The molecule has 0 radical (unpaired) electrons. The molecule has 4 nitrogen and oxygen atoms in total. The van der Waals surface area contributed by atoms with Crippen LogP contribution in [0.3, 0.4) is 0 Å². The molecular weight excluding hydrogens is 260 g/mol. The van der Waals surface area contributed by atoms with Crippen LogP contribution in [0.2, 0.25) is 0 Å². The molecule has 2 N–H and O–H groups in total. The molecule has 1 aromatic carbocycles. The Morgan fingerprint density at radius 1 is 1.53 bits per heavy atom. The van der Waals surface area contributed by atoms with E-state index < -0.39 is 0 Å². The van der Waals surface area contributed by atoms with Crippen molar-refractivity contribution >= 4 is 29.3 Å². The van der Waals surface area contributed by atoms with E-state index in [0.29, 0.717) is 12.0 Å². The van der Waals surface area contributed by atoms with Gasteiger partial charge in [-0.05, 0) is 31.5 Å². The number of carbonyl (C=O) groups is 2. The lowest BCUT2D eigenvalue weighted by molar-refractivity contribution is -0.115. The highest BCUT2D eigenvalue weighted by atomic mass is 32.2. The minimum absolute atomic E-state index is 0.00531. The third-order valence-electron chi connectivity index (χ3n) is 3.09. The van der Waals surface area contributed by atoms with Crippen LogP contribution in [0, 0.1) is 0 Å². The summed E-state index contributed by atoms with van der Waals surface area (Å²) in [6.07, 6.45) is 1.40. The summed E-state index contributed by atoms with van der Waals surface area (Å²) in [4.78, 5) is 24.6. The summed E-state index contributed by atoms with van der Waals surface area (Å²) in [6.45, 7) is 4.00. The second-order valence-corrected chi connectivity index (χ2v) is 5.78. The number of rotatable bonds is 3. The second-order valence-electron chi connectivity index (χ2n) is 4.64. The minimum Gasteiger partial charge on any atom is -0.350 e. The first-order valence-corrected chi connectivity index (χ1v) is 7.46. The fourth-order valence-corrected chi connectivity index (χ4v) is 2.71. The molecule has 1 aliphatic heterocycles. The summed E-state index contributed by atoms with van der Waals surface area (Å²) >= 11 is 1.64. The summed E-state index contributed by atoms with van der Waals surface area (Å²) in [6, 6.07) is 5.61. The van der Waals surface area contributed by atoms with E-state index in [-0.39, 0.29) is 17.9 Å². The maximum Gasteiger partial charge on any atom is 0.251 e. The standard InChI is InChI=1S/C14H18N2O2S/c1-3-9(2)15-14(18)10-4-5-12-11(8-10)16-13(17)6-7-19-12/h4-5,8-9H,3,6-7H2,1-2H3,(H,15,18)(H,16,17). The first-order chi connectivity index (χ1) is 9.10. The molecule has 5 heteroatoms. The molecule has 0 saturated carbocycles. The van der Waals surface area contributed by atoms with Crippen LogP contribution in [0.1, 0.15) is 37.0 Å². The molecule has 1 heterocycles. The van der Waals surface area contributed by atoms with Crippen molar-refractivity contribution in [1.82, 2.24) is 5.32 Å². The largest absolute Gasteiger partial charge is 0.350 e. The van der Waals surface area contributed by atoms with Gasteiger partial charge in [-0.2, -0.15) is 0 Å². The van der Waals surface area contributed by atoms with Crippen molar-refractivity contribution in [1.29, 1.82) is 0 Å². The number of carbonyl (C=O) groups excluding carboxylic acids is 2. The monoisotopic (exact) mass is 278 g/mol. The molecule has 0 bridgehead atoms. The summed E-state index contributed by atoms with van der Waals surface area (Å²) in [5.41, 5.74) is 1.33. The number of nitrogens with one attached hydrogen (secondary N) is 2. The van der Waals surface area contributed by atoms with Crippen molar-refractivity contribution in [3.63, 3.8) is 0 Å². The predicted octanol–water partition coefficient (Wildman–Crippen LogP) is 2.65. The van der Waals surface area contributed by atoms with E-state index >= 15 is 0 Å². The Hall–Kier alpha value is -1.49. The van der Waals surface area contributed by atoms with Crippen molar-refractivity contribution in [2.75, 3.05) is 11.1 Å². The fraction of sp³-hybridized carbons (Fsp3) is 0.429. The van der Waals surface area contributed by atoms with Crippen LogP contribution in [0.4, 0.5) is 5.69 Å². The zero-order chi connectivity index (χ0) is 13.8. The molecule has 1 atom stereocenters. The van der Waals surface area contributed by atoms with Crippen molar-refractivity contribution in [3.05, 3.63) is 23.8 Å². The fourth-order valence-electron chi connectivity index (χ4n) is 1.77. The Labute approximate surface area is 117 Å². The topological polar surface area (TPSA) is 58.2 Å². The minimum atomic E-state index is -0.0966. The van der Waals surface area contributed by atoms with Gasteiger partial charge >= 0.3 is 0 Å². The van der Waals surface area contributed by atoms with Gasteiger partial charge in [0, 0.05) is 28.7 Å². The van der Waals surface area contributed by atoms with Crippen molar-refractivity contribution in [3.8, 4) is 0 Å². The number of benzene rings is 1. The predicted molar refractivity (Wildman–Crippen MR) is 77.6 cm³/mol. The lowest BCUT2D eigenvalue weighted by atomic mass is 10.1. The van der Waals surface area contributed by atoms with Gasteiger partial charge in [-0.1, -0.05) is 6.92 Å². The van der Waals surface area contributed by atoms with Crippen LogP contribution in [0.25, 0.3) is 0 Å². The van der Waals surface area contributed by atoms with Gasteiger partial charge in [0.1, 0.15) is 0 Å². The van der Waals surface area contributed by atoms with E-state index in [0.717, 1.165) is 22.8 Å². The maximum absolute atomic E-state index is 12.0. The summed E-state index contributed by atoms with van der Waals surface area (Å²) in [7, 11) is 0. The lowest BCUT2D eigenvalue weighted by Gasteiger charge is -2.13. The molecule has 1 aromatic rings. The molecule has 0 spiro atoms. The van der Waals surface area contributed by atoms with Gasteiger partial charge in [0.15, 0.2) is 0 Å². The second kappa shape index (κ2) is 6.10. The number of fused-ring (bicyclic) bond motifs is 1. The van der Waals surface area contributed by atoms with Gasteiger partial charge in [0.25, 0.3) is 5.91 Å². The van der Waals surface area contributed by atoms with E-state index in [1.54, 1.807) is 23.9 Å². The SMILES string of the molecule is CCC(C)NC(=O)c1ccc2c(c1)NC(=O)CCS2. The number of hydrogen-bond acceptors (Lipinski definition) is 3. The number of anilines is 1. The van der Waals surface area contributed by atoms with Gasteiger partial charge in [0.05, 0.1) is 5.69 Å². The van der Waals surface area contributed by atoms with Crippen LogP contribution in [-0.2, 0) is 4.79 Å². The average Bonchev–Trinajstić information content (AvgIpc) is 2.58. The van der Waals surface area contributed by atoms with Crippen molar-refractivity contribution in [2.24, 2.45) is 0 Å². The van der Waals surface area contributed by atoms with Gasteiger partial charge in [-0.15, -0.1) is 11.8 Å². The van der Waals surface area contributed by atoms with E-state index in [1.165, 1.54) is 0 Å². The Morgan fingerprint density at radius 2 is 2.32 bits per heavy atom. The molecule has 19 heavy (non-hydrogen) atoms. The van der Waals surface area contributed by atoms with Crippen LogP contribution < -0.4 is 10.6 Å². The summed E-state index contributed by atoms with van der Waals surface area (Å²) < 4.78 is 0. The zero-order valence-electron chi connectivity index (χ0n) is 11.2. The Morgan fingerprint density at radius 3 is 3.05 bits per heavy atom. The molecule has 102 valence electrons. The van der Waals surface area contributed by atoms with Crippen LogP contribution >= 0.6 is 11.8 Å². The third-order valence-corrected chi connectivity index (χ3v) is 4.17. The molecule has 1 aliphatic rings. The molecule has 2 amide bonds. The first-order valence-electron chi connectivity index (χ1n) is 6.47. The van der Waals surface area contributed by atoms with Gasteiger partial charge in [-0.25, -0.2) is 0 Å². The van der Waals surface area contributed by atoms with Crippen LogP contribution in [0.5, 0.6) is 0 Å². The number of hydrogen-bond donors (Lipinski definition) is 2. The molecule has 1 unspecified atom stereocenters. The highest BCUT2D eigenvalue weighted by Gasteiger charge is 2.16. The summed E-state index contributed by atoms with van der Waals surface area (Å²) in [5.74, 6) is 0.684. The summed E-state index contributed by atoms with van der Waals surface area (Å²) in [5, 5.41) is 5.77. The van der Waals surface area contributed by atoms with E-state index in [9.17, 15) is 9.59 Å². The quantitative estimate of drug-likeness (QED) is 0.893. The first kappa shape index (κ1) is 13.9. The number of thioether (sulfide) groups is 1. The van der Waals surface area contributed by atoms with E-state index in [2.05, 4.69) is 10.6 Å².